The number of aliphatic hydroxyl groups is 2. The normalized spacial score (nSPS) is 21.6. The standard InChI is InChI=1S/C14H20FNO3/c1-16-6-2-3-13(16)12-7-10(15)4-5-14(12)19-9-11(18)8-17/h4-5,7,11,13,17-18H,2-3,6,8-9H2,1H3. The van der Waals surface area contributed by atoms with Crippen molar-refractivity contribution in [2.75, 3.05) is 26.8 Å². The maximum atomic E-state index is 13.4. The minimum atomic E-state index is -0.917. The fourth-order valence-corrected chi connectivity index (χ4v) is 2.45. The molecule has 0 aromatic heterocycles. The second-order valence-corrected chi connectivity index (χ2v) is 4.97. The summed E-state index contributed by atoms with van der Waals surface area (Å²) in [5, 5.41) is 18.1. The van der Waals surface area contributed by atoms with Gasteiger partial charge < -0.3 is 14.9 Å². The van der Waals surface area contributed by atoms with Crippen LogP contribution >= 0.6 is 0 Å². The van der Waals surface area contributed by atoms with Crippen molar-refractivity contribution >= 4 is 0 Å². The minimum Gasteiger partial charge on any atom is -0.490 e. The number of benzene rings is 1. The third-order valence-corrected chi connectivity index (χ3v) is 3.49. The third kappa shape index (κ3) is 3.43. The van der Waals surface area contributed by atoms with Crippen LogP contribution in [0.1, 0.15) is 24.4 Å². The first-order chi connectivity index (χ1) is 9.11. The first-order valence-corrected chi connectivity index (χ1v) is 6.53. The van der Waals surface area contributed by atoms with E-state index in [-0.39, 0.29) is 25.1 Å². The molecule has 1 aromatic rings. The molecule has 0 saturated carbocycles. The second kappa shape index (κ2) is 6.32. The molecule has 0 aliphatic carbocycles. The molecule has 0 radical (unpaired) electrons. The summed E-state index contributed by atoms with van der Waals surface area (Å²) in [4.78, 5) is 2.17. The van der Waals surface area contributed by atoms with E-state index in [9.17, 15) is 9.50 Å². The zero-order chi connectivity index (χ0) is 13.8. The van der Waals surface area contributed by atoms with E-state index in [1.54, 1.807) is 6.07 Å². The summed E-state index contributed by atoms with van der Waals surface area (Å²) < 4.78 is 18.9. The number of halogens is 1. The topological polar surface area (TPSA) is 52.9 Å². The lowest BCUT2D eigenvalue weighted by molar-refractivity contribution is 0.0528. The van der Waals surface area contributed by atoms with Crippen molar-refractivity contribution in [1.82, 2.24) is 4.90 Å². The molecule has 1 fully saturated rings. The van der Waals surface area contributed by atoms with Gasteiger partial charge in [-0.3, -0.25) is 4.90 Å². The molecular weight excluding hydrogens is 249 g/mol. The number of ether oxygens (including phenoxy) is 1. The van der Waals surface area contributed by atoms with Crippen molar-refractivity contribution in [2.24, 2.45) is 0 Å². The average Bonchev–Trinajstić information content (AvgIpc) is 2.83. The molecule has 0 spiro atoms. The fourth-order valence-electron chi connectivity index (χ4n) is 2.45. The number of likely N-dealkylation sites (tertiary alicyclic amines) is 1. The maximum absolute atomic E-state index is 13.4. The van der Waals surface area contributed by atoms with Crippen LogP contribution in [-0.4, -0.2) is 48.0 Å². The lowest BCUT2D eigenvalue weighted by Crippen LogP contribution is -2.23. The molecule has 0 bridgehead atoms. The molecule has 1 heterocycles. The Labute approximate surface area is 112 Å². The largest absolute Gasteiger partial charge is 0.490 e. The molecule has 1 aliphatic heterocycles. The van der Waals surface area contributed by atoms with E-state index in [0.29, 0.717) is 5.75 Å². The highest BCUT2D eigenvalue weighted by atomic mass is 19.1. The smallest absolute Gasteiger partial charge is 0.124 e. The van der Waals surface area contributed by atoms with Gasteiger partial charge in [0.1, 0.15) is 24.3 Å². The van der Waals surface area contributed by atoms with Crippen molar-refractivity contribution in [1.29, 1.82) is 0 Å². The highest BCUT2D eigenvalue weighted by Gasteiger charge is 2.26. The number of aliphatic hydroxyl groups excluding tert-OH is 2. The number of hydrogen-bond donors (Lipinski definition) is 2. The van der Waals surface area contributed by atoms with Crippen LogP contribution in [-0.2, 0) is 0 Å². The summed E-state index contributed by atoms with van der Waals surface area (Å²) in [5.41, 5.74) is 0.810. The van der Waals surface area contributed by atoms with Crippen LogP contribution in [0.5, 0.6) is 5.75 Å². The summed E-state index contributed by atoms with van der Waals surface area (Å²) >= 11 is 0. The summed E-state index contributed by atoms with van der Waals surface area (Å²) in [7, 11) is 2.01. The van der Waals surface area contributed by atoms with Gasteiger partial charge in [-0.15, -0.1) is 0 Å². The molecule has 19 heavy (non-hydrogen) atoms. The SMILES string of the molecule is CN1CCCC1c1cc(F)ccc1OCC(O)CO. The Kier molecular flexibility index (Phi) is 4.74. The summed E-state index contributed by atoms with van der Waals surface area (Å²) in [6.45, 7) is 0.644. The molecule has 2 rings (SSSR count). The first kappa shape index (κ1) is 14.2. The molecule has 2 unspecified atom stereocenters. The van der Waals surface area contributed by atoms with Crippen LogP contribution in [0, 0.1) is 5.82 Å². The molecule has 5 heteroatoms. The molecule has 106 valence electrons. The molecular formula is C14H20FNO3. The van der Waals surface area contributed by atoms with Crippen LogP contribution in [0.3, 0.4) is 0 Å². The maximum Gasteiger partial charge on any atom is 0.124 e. The highest BCUT2D eigenvalue weighted by molar-refractivity contribution is 5.37. The molecule has 2 N–H and O–H groups in total. The van der Waals surface area contributed by atoms with E-state index in [2.05, 4.69) is 4.90 Å². The van der Waals surface area contributed by atoms with Crippen molar-refractivity contribution in [2.45, 2.75) is 25.0 Å². The average molecular weight is 269 g/mol. The quantitative estimate of drug-likeness (QED) is 0.846. The molecule has 1 aromatic carbocycles. The Balaban J connectivity index is 2.17. The van der Waals surface area contributed by atoms with Crippen molar-refractivity contribution in [3.8, 4) is 5.75 Å². The minimum absolute atomic E-state index is 0.00552. The zero-order valence-corrected chi connectivity index (χ0v) is 11.1. The fraction of sp³-hybridized carbons (Fsp3) is 0.571. The Morgan fingerprint density at radius 2 is 2.32 bits per heavy atom. The lowest BCUT2D eigenvalue weighted by Gasteiger charge is -2.23. The zero-order valence-electron chi connectivity index (χ0n) is 11.1. The van der Waals surface area contributed by atoms with Crippen molar-refractivity contribution in [3.63, 3.8) is 0 Å². The predicted molar refractivity (Wildman–Crippen MR) is 69.6 cm³/mol. The van der Waals surface area contributed by atoms with Crippen LogP contribution in [0.15, 0.2) is 18.2 Å². The van der Waals surface area contributed by atoms with Gasteiger partial charge in [0.2, 0.25) is 0 Å². The monoisotopic (exact) mass is 269 g/mol. The Morgan fingerprint density at radius 1 is 1.53 bits per heavy atom. The van der Waals surface area contributed by atoms with E-state index in [1.807, 2.05) is 7.05 Å². The molecule has 0 amide bonds. The predicted octanol–water partition coefficient (Wildman–Crippen LogP) is 1.32. The molecule has 2 atom stereocenters. The molecule has 1 aliphatic rings. The number of hydrogen-bond acceptors (Lipinski definition) is 4. The van der Waals surface area contributed by atoms with Crippen LogP contribution in [0.4, 0.5) is 4.39 Å². The highest BCUT2D eigenvalue weighted by Crippen LogP contribution is 2.36. The number of rotatable bonds is 5. The van der Waals surface area contributed by atoms with Gasteiger partial charge in [-0.2, -0.15) is 0 Å². The van der Waals surface area contributed by atoms with Gasteiger partial charge in [-0.1, -0.05) is 0 Å². The van der Waals surface area contributed by atoms with Gasteiger partial charge in [-0.05, 0) is 44.6 Å². The Morgan fingerprint density at radius 3 is 2.95 bits per heavy atom. The Bertz CT molecular complexity index is 427. The van der Waals surface area contributed by atoms with Gasteiger partial charge in [0, 0.05) is 11.6 Å². The van der Waals surface area contributed by atoms with Crippen molar-refractivity contribution < 1.29 is 19.3 Å². The molecule has 4 nitrogen and oxygen atoms in total. The Hall–Kier alpha value is -1.17. The van der Waals surface area contributed by atoms with Crippen LogP contribution in [0.2, 0.25) is 0 Å². The van der Waals surface area contributed by atoms with E-state index < -0.39 is 6.10 Å². The lowest BCUT2D eigenvalue weighted by atomic mass is 10.0. The van der Waals surface area contributed by atoms with E-state index >= 15 is 0 Å². The first-order valence-electron chi connectivity index (χ1n) is 6.53. The van der Waals surface area contributed by atoms with Gasteiger partial charge in [-0.25, -0.2) is 4.39 Å². The summed E-state index contributed by atoms with van der Waals surface area (Å²) in [5.74, 6) is 0.290. The van der Waals surface area contributed by atoms with Crippen molar-refractivity contribution in [3.05, 3.63) is 29.6 Å². The number of nitrogens with zero attached hydrogens (tertiary/aromatic N) is 1. The third-order valence-electron chi connectivity index (χ3n) is 3.49. The van der Waals surface area contributed by atoms with Gasteiger partial charge >= 0.3 is 0 Å². The van der Waals surface area contributed by atoms with E-state index in [4.69, 9.17) is 9.84 Å². The van der Waals surface area contributed by atoms with E-state index in [0.717, 1.165) is 24.9 Å². The van der Waals surface area contributed by atoms with Crippen LogP contribution in [0.25, 0.3) is 0 Å². The van der Waals surface area contributed by atoms with Gasteiger partial charge in [0.05, 0.1) is 6.61 Å². The second-order valence-electron chi connectivity index (χ2n) is 4.97. The molecule has 1 saturated heterocycles. The van der Waals surface area contributed by atoms with Gasteiger partial charge in [0.15, 0.2) is 0 Å². The van der Waals surface area contributed by atoms with Gasteiger partial charge in [0.25, 0.3) is 0 Å². The van der Waals surface area contributed by atoms with Crippen LogP contribution < -0.4 is 4.74 Å². The summed E-state index contributed by atoms with van der Waals surface area (Å²) in [6, 6.07) is 4.57. The summed E-state index contributed by atoms with van der Waals surface area (Å²) in [6.07, 6.45) is 1.13. The van der Waals surface area contributed by atoms with E-state index in [1.165, 1.54) is 12.1 Å².